The van der Waals surface area contributed by atoms with Gasteiger partial charge in [-0.3, -0.25) is 0 Å². The third kappa shape index (κ3) is 1.77. The SMILES string of the molecule is C=C1Cc2ccccc2C#Cc2ccccc21. The van der Waals surface area contributed by atoms with Crippen molar-refractivity contribution in [2.45, 2.75) is 6.42 Å². The van der Waals surface area contributed by atoms with Crippen LogP contribution in [0.1, 0.15) is 22.3 Å². The first-order valence-corrected chi connectivity index (χ1v) is 5.72. The molecule has 0 heteroatoms. The first-order valence-electron chi connectivity index (χ1n) is 5.72. The molecule has 1 aliphatic rings. The van der Waals surface area contributed by atoms with Crippen LogP contribution in [0.2, 0.25) is 0 Å². The van der Waals surface area contributed by atoms with Crippen LogP contribution in [-0.2, 0) is 6.42 Å². The second-order valence-electron chi connectivity index (χ2n) is 4.23. The Labute approximate surface area is 102 Å². The molecule has 0 aromatic heterocycles. The molecular formula is C17H12. The molecule has 0 fully saturated rings. The summed E-state index contributed by atoms with van der Waals surface area (Å²) in [4.78, 5) is 0. The summed E-state index contributed by atoms with van der Waals surface area (Å²) in [5.74, 6) is 6.49. The Morgan fingerprint density at radius 1 is 0.824 bits per heavy atom. The number of benzene rings is 2. The fourth-order valence-electron chi connectivity index (χ4n) is 2.16. The minimum atomic E-state index is 0.877. The van der Waals surface area contributed by atoms with Gasteiger partial charge in [-0.15, -0.1) is 0 Å². The fraction of sp³-hybridized carbons (Fsp3) is 0.0588. The average molecular weight is 216 g/mol. The van der Waals surface area contributed by atoms with Crippen molar-refractivity contribution in [1.29, 1.82) is 0 Å². The predicted octanol–water partition coefficient (Wildman–Crippen LogP) is 3.66. The van der Waals surface area contributed by atoms with E-state index in [1.807, 2.05) is 18.2 Å². The second kappa shape index (κ2) is 3.96. The highest BCUT2D eigenvalue weighted by Crippen LogP contribution is 2.24. The summed E-state index contributed by atoms with van der Waals surface area (Å²) in [5.41, 5.74) is 5.77. The molecule has 0 atom stereocenters. The Morgan fingerprint density at radius 3 is 2.35 bits per heavy atom. The molecule has 0 nitrogen and oxygen atoms in total. The molecule has 0 unspecified atom stereocenters. The topological polar surface area (TPSA) is 0 Å². The Morgan fingerprint density at radius 2 is 1.47 bits per heavy atom. The summed E-state index contributed by atoms with van der Waals surface area (Å²) >= 11 is 0. The zero-order valence-corrected chi connectivity index (χ0v) is 9.53. The lowest BCUT2D eigenvalue weighted by Crippen LogP contribution is -1.98. The molecule has 0 aliphatic heterocycles. The van der Waals surface area contributed by atoms with E-state index in [1.54, 1.807) is 0 Å². The van der Waals surface area contributed by atoms with Crippen LogP contribution in [0.25, 0.3) is 5.57 Å². The van der Waals surface area contributed by atoms with Crippen molar-refractivity contribution in [2.75, 3.05) is 0 Å². The number of rotatable bonds is 0. The molecule has 0 N–H and O–H groups in total. The van der Waals surface area contributed by atoms with Crippen molar-refractivity contribution < 1.29 is 0 Å². The van der Waals surface area contributed by atoms with Gasteiger partial charge in [0.1, 0.15) is 0 Å². The number of allylic oxidation sites excluding steroid dienone is 1. The van der Waals surface area contributed by atoms with Gasteiger partial charge in [-0.2, -0.15) is 0 Å². The summed E-state index contributed by atoms with van der Waals surface area (Å²) in [7, 11) is 0. The molecule has 80 valence electrons. The third-order valence-corrected chi connectivity index (χ3v) is 3.06. The van der Waals surface area contributed by atoms with Gasteiger partial charge in [0.25, 0.3) is 0 Å². The number of hydrogen-bond acceptors (Lipinski definition) is 0. The first-order chi connectivity index (χ1) is 8.34. The number of fused-ring (bicyclic) bond motifs is 2. The molecule has 0 amide bonds. The summed E-state index contributed by atoms with van der Waals surface area (Å²) in [6, 6.07) is 16.5. The molecule has 2 aromatic carbocycles. The monoisotopic (exact) mass is 216 g/mol. The molecule has 1 aliphatic carbocycles. The zero-order chi connectivity index (χ0) is 11.7. The predicted molar refractivity (Wildman–Crippen MR) is 71.6 cm³/mol. The molecule has 17 heavy (non-hydrogen) atoms. The van der Waals surface area contributed by atoms with Crippen LogP contribution in [-0.4, -0.2) is 0 Å². The van der Waals surface area contributed by atoms with E-state index in [2.05, 4.69) is 48.8 Å². The zero-order valence-electron chi connectivity index (χ0n) is 9.53. The highest BCUT2D eigenvalue weighted by molar-refractivity contribution is 5.73. The Balaban J connectivity index is 2.24. The van der Waals surface area contributed by atoms with Gasteiger partial charge in [-0.05, 0) is 35.3 Å². The van der Waals surface area contributed by atoms with Crippen molar-refractivity contribution >= 4 is 5.57 Å². The van der Waals surface area contributed by atoms with Gasteiger partial charge < -0.3 is 0 Å². The lowest BCUT2D eigenvalue weighted by Gasteiger charge is -2.12. The van der Waals surface area contributed by atoms with E-state index in [9.17, 15) is 0 Å². The molecule has 0 bridgehead atoms. The minimum absolute atomic E-state index is 0.877. The number of hydrogen-bond donors (Lipinski definition) is 0. The van der Waals surface area contributed by atoms with E-state index < -0.39 is 0 Å². The summed E-state index contributed by atoms with van der Waals surface area (Å²) in [6.45, 7) is 4.19. The van der Waals surface area contributed by atoms with E-state index in [0.29, 0.717) is 0 Å². The van der Waals surface area contributed by atoms with Crippen LogP contribution in [0.15, 0.2) is 55.1 Å². The normalized spacial score (nSPS) is 12.6. The maximum Gasteiger partial charge on any atom is 0.0324 e. The van der Waals surface area contributed by atoms with Gasteiger partial charge in [0.05, 0.1) is 0 Å². The Bertz CT molecular complexity index is 651. The van der Waals surface area contributed by atoms with E-state index in [-0.39, 0.29) is 0 Å². The van der Waals surface area contributed by atoms with E-state index in [0.717, 1.165) is 23.1 Å². The van der Waals surface area contributed by atoms with E-state index in [1.165, 1.54) is 11.1 Å². The second-order valence-corrected chi connectivity index (χ2v) is 4.23. The van der Waals surface area contributed by atoms with Crippen LogP contribution in [0.3, 0.4) is 0 Å². The van der Waals surface area contributed by atoms with Crippen molar-refractivity contribution in [1.82, 2.24) is 0 Å². The molecule has 0 saturated heterocycles. The van der Waals surface area contributed by atoms with Gasteiger partial charge >= 0.3 is 0 Å². The smallest absolute Gasteiger partial charge is 0.0324 e. The van der Waals surface area contributed by atoms with Crippen LogP contribution < -0.4 is 0 Å². The fourth-order valence-corrected chi connectivity index (χ4v) is 2.16. The highest BCUT2D eigenvalue weighted by atomic mass is 14.1. The van der Waals surface area contributed by atoms with Gasteiger partial charge in [0, 0.05) is 11.1 Å². The van der Waals surface area contributed by atoms with E-state index >= 15 is 0 Å². The van der Waals surface area contributed by atoms with Gasteiger partial charge in [-0.1, -0.05) is 54.8 Å². The largest absolute Gasteiger partial charge is 0.0949 e. The van der Waals surface area contributed by atoms with Gasteiger partial charge in [0.15, 0.2) is 0 Å². The van der Waals surface area contributed by atoms with Gasteiger partial charge in [0.2, 0.25) is 0 Å². The van der Waals surface area contributed by atoms with Crippen LogP contribution in [0, 0.1) is 11.8 Å². The van der Waals surface area contributed by atoms with Crippen LogP contribution in [0.4, 0.5) is 0 Å². The van der Waals surface area contributed by atoms with Crippen molar-refractivity contribution in [3.8, 4) is 11.8 Å². The molecule has 0 heterocycles. The highest BCUT2D eigenvalue weighted by Gasteiger charge is 2.09. The quantitative estimate of drug-likeness (QED) is 0.590. The average Bonchev–Trinajstić information content (AvgIpc) is 2.36. The van der Waals surface area contributed by atoms with E-state index in [4.69, 9.17) is 0 Å². The van der Waals surface area contributed by atoms with Crippen molar-refractivity contribution in [3.05, 3.63) is 77.4 Å². The maximum absolute atomic E-state index is 4.19. The first kappa shape index (κ1) is 9.93. The van der Waals surface area contributed by atoms with Crippen molar-refractivity contribution in [2.24, 2.45) is 0 Å². The van der Waals surface area contributed by atoms with Crippen LogP contribution in [0.5, 0.6) is 0 Å². The standard InChI is InChI=1S/C17H12/c1-13-12-16-8-3-2-6-14(16)10-11-15-7-4-5-9-17(13)15/h2-9H,1,12H2. The van der Waals surface area contributed by atoms with Crippen molar-refractivity contribution in [3.63, 3.8) is 0 Å². The molecule has 0 radical (unpaired) electrons. The third-order valence-electron chi connectivity index (χ3n) is 3.06. The van der Waals surface area contributed by atoms with Crippen LogP contribution >= 0.6 is 0 Å². The molecule has 2 aromatic rings. The lowest BCUT2D eigenvalue weighted by atomic mass is 9.91. The van der Waals surface area contributed by atoms with Gasteiger partial charge in [-0.25, -0.2) is 0 Å². The Kier molecular flexibility index (Phi) is 2.31. The summed E-state index contributed by atoms with van der Waals surface area (Å²) in [5, 5.41) is 0. The minimum Gasteiger partial charge on any atom is -0.0949 e. The molecule has 0 saturated carbocycles. The lowest BCUT2D eigenvalue weighted by molar-refractivity contribution is 1.26. The molecule has 0 spiro atoms. The Hall–Kier alpha value is -2.26. The summed E-state index contributed by atoms with van der Waals surface area (Å²) < 4.78 is 0. The maximum atomic E-state index is 4.19. The molecular weight excluding hydrogens is 204 g/mol. The molecule has 3 rings (SSSR count). The summed E-state index contributed by atoms with van der Waals surface area (Å²) in [6.07, 6.45) is 0.877.